The maximum atomic E-state index is 4.02. The van der Waals surface area contributed by atoms with Crippen LogP contribution < -0.4 is 0 Å². The summed E-state index contributed by atoms with van der Waals surface area (Å²) in [5, 5.41) is 2.30. The predicted octanol–water partition coefficient (Wildman–Crippen LogP) is 2.12. The molecule has 0 aliphatic carbocycles. The third-order valence-electron chi connectivity index (χ3n) is 2.10. The van der Waals surface area contributed by atoms with Gasteiger partial charge in [-0.15, -0.1) is 0 Å². The molecular formula is C10H8N4S. The lowest BCUT2D eigenvalue weighted by atomic mass is 10.6. The molecule has 0 aliphatic heterocycles. The minimum Gasteiger partial charge on any atom is -0.297 e. The van der Waals surface area contributed by atoms with Gasteiger partial charge in [-0.2, -0.15) is 0 Å². The van der Waals surface area contributed by atoms with Crippen molar-refractivity contribution in [1.29, 1.82) is 0 Å². The molecule has 3 heterocycles. The number of rotatable bonds is 2. The van der Waals surface area contributed by atoms with E-state index in [1.54, 1.807) is 36.4 Å². The van der Waals surface area contributed by atoms with E-state index < -0.39 is 0 Å². The number of imidazole rings is 2. The Morgan fingerprint density at radius 1 is 0.867 bits per heavy atom. The Kier molecular flexibility index (Phi) is 1.89. The zero-order valence-corrected chi connectivity index (χ0v) is 8.63. The van der Waals surface area contributed by atoms with Crippen LogP contribution in [0.3, 0.4) is 0 Å². The normalized spacial score (nSPS) is 10.7. The summed E-state index contributed by atoms with van der Waals surface area (Å²) in [6.45, 7) is 0. The third kappa shape index (κ3) is 1.46. The number of thiophene rings is 1. The Balaban J connectivity index is 2.02. The first-order valence-corrected chi connectivity index (χ1v) is 5.31. The monoisotopic (exact) mass is 216 g/mol. The van der Waals surface area contributed by atoms with Crippen LogP contribution >= 0.6 is 11.3 Å². The molecule has 0 N–H and O–H groups in total. The second-order valence-electron chi connectivity index (χ2n) is 3.05. The van der Waals surface area contributed by atoms with Crippen molar-refractivity contribution in [3.8, 4) is 10.0 Å². The fourth-order valence-electron chi connectivity index (χ4n) is 1.37. The van der Waals surface area contributed by atoms with Crippen LogP contribution in [0.4, 0.5) is 0 Å². The molecule has 4 nitrogen and oxygen atoms in total. The Bertz CT molecular complexity index is 487. The summed E-state index contributed by atoms with van der Waals surface area (Å²) in [6, 6.07) is 4.14. The molecule has 74 valence electrons. The van der Waals surface area contributed by atoms with Crippen molar-refractivity contribution in [2.24, 2.45) is 0 Å². The van der Waals surface area contributed by atoms with Crippen molar-refractivity contribution in [3.63, 3.8) is 0 Å². The summed E-state index contributed by atoms with van der Waals surface area (Å²) in [4.78, 5) is 8.04. The van der Waals surface area contributed by atoms with Crippen molar-refractivity contribution in [1.82, 2.24) is 19.1 Å². The molecule has 0 aromatic carbocycles. The standard InChI is InChI=1S/C10H8N4S/c1-2-10(14-6-4-12-8-14)15-9(1)13-5-3-11-7-13/h1-8H. The second kappa shape index (κ2) is 3.36. The molecule has 0 radical (unpaired) electrons. The highest BCUT2D eigenvalue weighted by atomic mass is 32.1. The molecule has 3 aromatic heterocycles. The molecule has 3 rings (SSSR count). The SMILES string of the molecule is c1cn(-c2ccc(-n3ccnc3)s2)cn1. The number of hydrogen-bond donors (Lipinski definition) is 0. The minimum absolute atomic E-state index is 1.15. The molecule has 0 atom stereocenters. The highest BCUT2D eigenvalue weighted by Crippen LogP contribution is 2.23. The Labute approximate surface area is 90.5 Å². The molecule has 0 bridgehead atoms. The zero-order chi connectivity index (χ0) is 10.1. The van der Waals surface area contributed by atoms with Gasteiger partial charge in [-0.05, 0) is 12.1 Å². The lowest BCUT2D eigenvalue weighted by Gasteiger charge is -1.96. The van der Waals surface area contributed by atoms with Crippen LogP contribution in [0.2, 0.25) is 0 Å². The van der Waals surface area contributed by atoms with Gasteiger partial charge in [-0.1, -0.05) is 11.3 Å². The van der Waals surface area contributed by atoms with E-state index in [9.17, 15) is 0 Å². The molecule has 15 heavy (non-hydrogen) atoms. The molecule has 0 aliphatic rings. The van der Waals surface area contributed by atoms with Crippen molar-refractivity contribution < 1.29 is 0 Å². The van der Waals surface area contributed by atoms with Gasteiger partial charge in [0.25, 0.3) is 0 Å². The highest BCUT2D eigenvalue weighted by Gasteiger charge is 2.02. The lowest BCUT2D eigenvalue weighted by Crippen LogP contribution is -1.84. The minimum atomic E-state index is 1.15. The van der Waals surface area contributed by atoms with E-state index in [4.69, 9.17) is 0 Å². The highest BCUT2D eigenvalue weighted by molar-refractivity contribution is 7.16. The lowest BCUT2D eigenvalue weighted by molar-refractivity contribution is 1.09. The van der Waals surface area contributed by atoms with Crippen LogP contribution in [0.5, 0.6) is 0 Å². The van der Waals surface area contributed by atoms with Crippen LogP contribution in [-0.2, 0) is 0 Å². The molecule has 5 heteroatoms. The summed E-state index contributed by atoms with van der Waals surface area (Å²) >= 11 is 1.69. The van der Waals surface area contributed by atoms with Gasteiger partial charge >= 0.3 is 0 Å². The van der Waals surface area contributed by atoms with E-state index >= 15 is 0 Å². The van der Waals surface area contributed by atoms with E-state index in [1.165, 1.54) is 0 Å². The first-order valence-electron chi connectivity index (χ1n) is 4.50. The van der Waals surface area contributed by atoms with E-state index in [0.717, 1.165) is 10.0 Å². The predicted molar refractivity (Wildman–Crippen MR) is 58.6 cm³/mol. The smallest absolute Gasteiger partial charge is 0.102 e. The third-order valence-corrected chi connectivity index (χ3v) is 3.21. The van der Waals surface area contributed by atoms with Crippen LogP contribution in [0.1, 0.15) is 0 Å². The van der Waals surface area contributed by atoms with Crippen LogP contribution in [-0.4, -0.2) is 19.1 Å². The van der Waals surface area contributed by atoms with Gasteiger partial charge in [-0.3, -0.25) is 9.13 Å². The number of aromatic nitrogens is 4. The average Bonchev–Trinajstić information content (AvgIpc) is 3.02. The van der Waals surface area contributed by atoms with E-state index in [2.05, 4.69) is 22.1 Å². The maximum absolute atomic E-state index is 4.02. The maximum Gasteiger partial charge on any atom is 0.102 e. The number of nitrogens with zero attached hydrogens (tertiary/aromatic N) is 4. The van der Waals surface area contributed by atoms with Crippen LogP contribution in [0.15, 0.2) is 49.6 Å². The molecule has 0 saturated carbocycles. The number of hydrogen-bond acceptors (Lipinski definition) is 3. The Morgan fingerprint density at radius 2 is 1.40 bits per heavy atom. The summed E-state index contributed by atoms with van der Waals surface area (Å²) in [7, 11) is 0. The largest absolute Gasteiger partial charge is 0.297 e. The average molecular weight is 216 g/mol. The topological polar surface area (TPSA) is 35.6 Å². The Morgan fingerprint density at radius 3 is 1.80 bits per heavy atom. The first kappa shape index (κ1) is 8.43. The first-order chi connectivity index (χ1) is 7.43. The van der Waals surface area contributed by atoms with Crippen molar-refractivity contribution >= 4 is 11.3 Å². The molecule has 3 aromatic rings. The van der Waals surface area contributed by atoms with Gasteiger partial charge in [0.2, 0.25) is 0 Å². The molecule has 0 saturated heterocycles. The van der Waals surface area contributed by atoms with Crippen molar-refractivity contribution in [2.45, 2.75) is 0 Å². The molecule has 0 spiro atoms. The fraction of sp³-hybridized carbons (Fsp3) is 0. The summed E-state index contributed by atoms with van der Waals surface area (Å²) < 4.78 is 3.98. The summed E-state index contributed by atoms with van der Waals surface area (Å²) in [5.74, 6) is 0. The van der Waals surface area contributed by atoms with Crippen LogP contribution in [0.25, 0.3) is 10.0 Å². The molecule has 0 fully saturated rings. The van der Waals surface area contributed by atoms with Gasteiger partial charge in [0, 0.05) is 24.8 Å². The van der Waals surface area contributed by atoms with E-state index in [-0.39, 0.29) is 0 Å². The van der Waals surface area contributed by atoms with Gasteiger partial charge in [0.05, 0.1) is 12.7 Å². The second-order valence-corrected chi connectivity index (χ2v) is 4.09. The van der Waals surface area contributed by atoms with Gasteiger partial charge in [0.15, 0.2) is 0 Å². The van der Waals surface area contributed by atoms with Crippen molar-refractivity contribution in [3.05, 3.63) is 49.6 Å². The quantitative estimate of drug-likeness (QED) is 0.657. The zero-order valence-electron chi connectivity index (χ0n) is 7.82. The molecule has 0 unspecified atom stereocenters. The fourth-order valence-corrected chi connectivity index (χ4v) is 2.29. The van der Waals surface area contributed by atoms with Crippen molar-refractivity contribution in [2.75, 3.05) is 0 Å². The van der Waals surface area contributed by atoms with Gasteiger partial charge < -0.3 is 0 Å². The summed E-state index contributed by atoms with van der Waals surface area (Å²) in [6.07, 6.45) is 11.0. The van der Waals surface area contributed by atoms with Gasteiger partial charge in [0.1, 0.15) is 10.0 Å². The molecular weight excluding hydrogens is 208 g/mol. The van der Waals surface area contributed by atoms with E-state index in [0.29, 0.717) is 0 Å². The Hall–Kier alpha value is -1.88. The van der Waals surface area contributed by atoms with Crippen LogP contribution in [0, 0.1) is 0 Å². The summed E-state index contributed by atoms with van der Waals surface area (Å²) in [5.41, 5.74) is 0. The van der Waals surface area contributed by atoms with Gasteiger partial charge in [-0.25, -0.2) is 9.97 Å². The molecule has 0 amide bonds. The van der Waals surface area contributed by atoms with E-state index in [1.807, 2.05) is 21.5 Å².